The summed E-state index contributed by atoms with van der Waals surface area (Å²) in [5.41, 5.74) is 1.41. The minimum Gasteiger partial charge on any atom is -0.441 e. The number of hydrogen-bond acceptors (Lipinski definition) is 5. The van der Waals surface area contributed by atoms with Gasteiger partial charge >= 0.3 is 5.69 Å². The number of benzene rings is 2. The summed E-state index contributed by atoms with van der Waals surface area (Å²) in [6, 6.07) is 22.0. The Balaban J connectivity index is 1.69. The Bertz CT molecular complexity index is 1500. The number of aromatic nitrogens is 4. The minimum atomic E-state index is -0.480. The zero-order valence-corrected chi connectivity index (χ0v) is 16.7. The van der Waals surface area contributed by atoms with Crippen molar-refractivity contribution in [3.05, 3.63) is 111 Å². The van der Waals surface area contributed by atoms with Crippen molar-refractivity contribution in [1.29, 1.82) is 0 Å². The lowest BCUT2D eigenvalue weighted by molar-refractivity contribution is 0.536. The van der Waals surface area contributed by atoms with Gasteiger partial charge in [0.25, 0.3) is 5.56 Å². The van der Waals surface area contributed by atoms with Crippen molar-refractivity contribution in [1.82, 2.24) is 19.1 Å². The molecule has 7 heteroatoms. The number of oxazole rings is 1. The molecule has 0 fully saturated rings. The van der Waals surface area contributed by atoms with Crippen molar-refractivity contribution in [3.8, 4) is 17.1 Å². The maximum absolute atomic E-state index is 13.4. The lowest BCUT2D eigenvalue weighted by Gasteiger charge is -2.12. The molecule has 0 radical (unpaired) electrons. The molecular formula is C24H18N4O3. The molecule has 0 spiro atoms. The zero-order valence-electron chi connectivity index (χ0n) is 16.7. The van der Waals surface area contributed by atoms with Gasteiger partial charge < -0.3 is 4.42 Å². The second kappa shape index (κ2) is 7.53. The molecule has 2 aromatic carbocycles. The number of pyridine rings is 1. The van der Waals surface area contributed by atoms with Crippen LogP contribution in [-0.2, 0) is 6.54 Å². The average Bonchev–Trinajstić information content (AvgIpc) is 3.18. The van der Waals surface area contributed by atoms with E-state index in [1.54, 1.807) is 37.4 Å². The number of nitrogens with zero attached hydrogens (tertiary/aromatic N) is 4. The van der Waals surface area contributed by atoms with Crippen LogP contribution >= 0.6 is 0 Å². The van der Waals surface area contributed by atoms with Crippen LogP contribution in [0.3, 0.4) is 0 Å². The number of rotatable bonds is 4. The lowest BCUT2D eigenvalue weighted by Crippen LogP contribution is -2.40. The molecular weight excluding hydrogens is 392 g/mol. The summed E-state index contributed by atoms with van der Waals surface area (Å²) in [5.74, 6) is 1.01. The molecule has 0 unspecified atom stereocenters. The maximum atomic E-state index is 13.4. The first-order valence-electron chi connectivity index (χ1n) is 9.81. The third kappa shape index (κ3) is 3.26. The first-order chi connectivity index (χ1) is 15.1. The molecule has 0 amide bonds. The predicted molar refractivity (Wildman–Crippen MR) is 117 cm³/mol. The number of para-hydroxylation sites is 1. The fourth-order valence-corrected chi connectivity index (χ4v) is 3.56. The van der Waals surface area contributed by atoms with E-state index in [0.717, 1.165) is 5.56 Å². The summed E-state index contributed by atoms with van der Waals surface area (Å²) in [5, 5.41) is 0.357. The summed E-state index contributed by atoms with van der Waals surface area (Å²) in [6.45, 7) is 1.77. The topological polar surface area (TPSA) is 82.9 Å². The third-order valence-electron chi connectivity index (χ3n) is 5.13. The summed E-state index contributed by atoms with van der Waals surface area (Å²) in [6.07, 6.45) is 1.57. The van der Waals surface area contributed by atoms with Crippen molar-refractivity contribution in [3.63, 3.8) is 0 Å². The first kappa shape index (κ1) is 18.7. The van der Waals surface area contributed by atoms with Gasteiger partial charge in [0.05, 0.1) is 17.6 Å². The van der Waals surface area contributed by atoms with Gasteiger partial charge in [0.2, 0.25) is 5.89 Å². The molecule has 0 saturated carbocycles. The SMILES string of the molecule is Cc1oc(-c2ccccc2)nc1Cn1c(=O)c2cccnc2n(-c2ccccc2)c1=O. The lowest BCUT2D eigenvalue weighted by atomic mass is 10.2. The Morgan fingerprint density at radius 3 is 2.35 bits per heavy atom. The van der Waals surface area contributed by atoms with Crippen LogP contribution in [0.2, 0.25) is 0 Å². The highest BCUT2D eigenvalue weighted by Crippen LogP contribution is 2.21. The third-order valence-corrected chi connectivity index (χ3v) is 5.13. The number of hydrogen-bond donors (Lipinski definition) is 0. The van der Waals surface area contributed by atoms with Crippen LogP contribution in [-0.4, -0.2) is 19.1 Å². The molecule has 0 N–H and O–H groups in total. The molecule has 31 heavy (non-hydrogen) atoms. The molecule has 5 aromatic rings. The minimum absolute atomic E-state index is 0.00248. The quantitative estimate of drug-likeness (QED) is 0.452. The van der Waals surface area contributed by atoms with Crippen LogP contribution in [0, 0.1) is 6.92 Å². The van der Waals surface area contributed by atoms with Crippen LogP contribution in [0.5, 0.6) is 0 Å². The van der Waals surface area contributed by atoms with E-state index in [0.29, 0.717) is 34.1 Å². The van der Waals surface area contributed by atoms with Gasteiger partial charge in [0, 0.05) is 11.8 Å². The summed E-state index contributed by atoms with van der Waals surface area (Å²) >= 11 is 0. The maximum Gasteiger partial charge on any atom is 0.337 e. The van der Waals surface area contributed by atoms with Crippen LogP contribution in [0.4, 0.5) is 0 Å². The fourth-order valence-electron chi connectivity index (χ4n) is 3.56. The Labute approximate surface area is 176 Å². The summed E-state index contributed by atoms with van der Waals surface area (Å²) in [4.78, 5) is 35.5. The highest BCUT2D eigenvalue weighted by molar-refractivity contribution is 5.75. The highest BCUT2D eigenvalue weighted by atomic mass is 16.4. The second-order valence-corrected chi connectivity index (χ2v) is 7.11. The zero-order chi connectivity index (χ0) is 21.4. The molecule has 3 heterocycles. The van der Waals surface area contributed by atoms with Crippen molar-refractivity contribution >= 4 is 11.0 Å². The monoisotopic (exact) mass is 410 g/mol. The van der Waals surface area contributed by atoms with Crippen LogP contribution in [0.15, 0.2) is 93.0 Å². The molecule has 0 bridgehead atoms. The van der Waals surface area contributed by atoms with E-state index < -0.39 is 11.2 Å². The van der Waals surface area contributed by atoms with E-state index in [-0.39, 0.29) is 6.54 Å². The largest absolute Gasteiger partial charge is 0.441 e. The standard InChI is InChI=1S/C24H18N4O3/c1-16-20(26-22(31-16)17-9-4-2-5-10-17)15-27-23(29)19-13-8-14-25-21(19)28(24(27)30)18-11-6-3-7-12-18/h2-14H,15H2,1H3. The van der Waals surface area contributed by atoms with E-state index in [1.165, 1.54) is 9.13 Å². The average molecular weight is 410 g/mol. The Hall–Kier alpha value is -4.26. The van der Waals surface area contributed by atoms with E-state index >= 15 is 0 Å². The first-order valence-corrected chi connectivity index (χ1v) is 9.81. The van der Waals surface area contributed by atoms with Gasteiger partial charge in [0.1, 0.15) is 11.5 Å². The number of aryl methyl sites for hydroxylation is 1. The molecule has 0 saturated heterocycles. The normalized spacial score (nSPS) is 11.1. The molecule has 0 atom stereocenters. The van der Waals surface area contributed by atoms with Gasteiger partial charge in [-0.3, -0.25) is 9.36 Å². The molecule has 5 rings (SSSR count). The molecule has 152 valence electrons. The van der Waals surface area contributed by atoms with E-state index in [4.69, 9.17) is 4.42 Å². The van der Waals surface area contributed by atoms with Gasteiger partial charge in [-0.25, -0.2) is 19.3 Å². The molecule has 0 aliphatic carbocycles. The molecule has 3 aromatic heterocycles. The second-order valence-electron chi connectivity index (χ2n) is 7.11. The summed E-state index contributed by atoms with van der Waals surface area (Å²) < 4.78 is 8.43. The smallest absolute Gasteiger partial charge is 0.337 e. The van der Waals surface area contributed by atoms with Crippen LogP contribution in [0.1, 0.15) is 11.5 Å². The van der Waals surface area contributed by atoms with Crippen LogP contribution in [0.25, 0.3) is 28.2 Å². The van der Waals surface area contributed by atoms with Gasteiger partial charge in [-0.2, -0.15) is 0 Å². The van der Waals surface area contributed by atoms with Gasteiger partial charge in [-0.05, 0) is 43.3 Å². The van der Waals surface area contributed by atoms with Crippen molar-refractivity contribution in [2.75, 3.05) is 0 Å². The van der Waals surface area contributed by atoms with Gasteiger partial charge in [-0.1, -0.05) is 36.4 Å². The molecule has 0 aliphatic rings. The van der Waals surface area contributed by atoms with E-state index in [1.807, 2.05) is 48.5 Å². The van der Waals surface area contributed by atoms with Crippen molar-refractivity contribution in [2.24, 2.45) is 0 Å². The predicted octanol–water partition coefficient (Wildman–Crippen LogP) is 3.56. The van der Waals surface area contributed by atoms with Crippen molar-refractivity contribution < 1.29 is 4.42 Å². The van der Waals surface area contributed by atoms with E-state index in [9.17, 15) is 9.59 Å². The van der Waals surface area contributed by atoms with Gasteiger partial charge in [0.15, 0.2) is 5.65 Å². The molecule has 7 nitrogen and oxygen atoms in total. The van der Waals surface area contributed by atoms with Gasteiger partial charge in [-0.15, -0.1) is 0 Å². The van der Waals surface area contributed by atoms with Crippen molar-refractivity contribution in [2.45, 2.75) is 13.5 Å². The molecule has 0 aliphatic heterocycles. The number of fused-ring (bicyclic) bond motifs is 1. The Kier molecular flexibility index (Phi) is 4.55. The Morgan fingerprint density at radius 1 is 0.903 bits per heavy atom. The van der Waals surface area contributed by atoms with E-state index in [2.05, 4.69) is 9.97 Å². The Morgan fingerprint density at radius 2 is 1.61 bits per heavy atom. The fraction of sp³-hybridized carbons (Fsp3) is 0.0833. The van der Waals surface area contributed by atoms with Crippen LogP contribution < -0.4 is 11.2 Å². The highest BCUT2D eigenvalue weighted by Gasteiger charge is 2.18. The summed E-state index contributed by atoms with van der Waals surface area (Å²) in [7, 11) is 0.